The van der Waals surface area contributed by atoms with Crippen LogP contribution in [0, 0.1) is 0 Å². The van der Waals surface area contributed by atoms with E-state index in [9.17, 15) is 15.0 Å². The van der Waals surface area contributed by atoms with Crippen molar-refractivity contribution in [2.24, 2.45) is 0 Å². The van der Waals surface area contributed by atoms with Gasteiger partial charge in [-0.2, -0.15) is 0 Å². The Morgan fingerprint density at radius 1 is 0.923 bits per heavy atom. The molecule has 3 N–H and O–H groups in total. The van der Waals surface area contributed by atoms with Crippen LogP contribution in [-0.4, -0.2) is 33.5 Å². The summed E-state index contributed by atoms with van der Waals surface area (Å²) in [4.78, 5) is 10.3. The van der Waals surface area contributed by atoms with E-state index in [2.05, 4.69) is 0 Å². The van der Waals surface area contributed by atoms with Gasteiger partial charge in [-0.15, -0.1) is 0 Å². The minimum Gasteiger partial charge on any atom is -0.481 e. The van der Waals surface area contributed by atoms with Gasteiger partial charge < -0.3 is 15.3 Å². The molecule has 0 aliphatic rings. The fraction of sp³-hybridized carbons (Fsp3) is 0.409. The molecule has 0 heterocycles. The van der Waals surface area contributed by atoms with Crippen LogP contribution in [0.15, 0.2) is 72.9 Å². The molecule has 144 valence electrons. The fourth-order valence-corrected chi connectivity index (χ4v) is 1.80. The van der Waals surface area contributed by atoms with Crippen LogP contribution in [0.1, 0.15) is 48.2 Å². The third-order valence-corrected chi connectivity index (χ3v) is 3.14. The van der Waals surface area contributed by atoms with Gasteiger partial charge in [-0.25, -0.2) is 0 Å². The van der Waals surface area contributed by atoms with Gasteiger partial charge in [0.05, 0.1) is 14.9 Å². The van der Waals surface area contributed by atoms with Crippen LogP contribution in [0.2, 0.25) is 0 Å². The monoisotopic (exact) mass is 362 g/mol. The van der Waals surface area contributed by atoms with Gasteiger partial charge in [-0.05, 0) is 32.1 Å². The molecule has 0 aliphatic heterocycles. The summed E-state index contributed by atoms with van der Waals surface area (Å²) in [7, 11) is 0. The molecule has 0 aliphatic carbocycles. The van der Waals surface area contributed by atoms with Crippen molar-refractivity contribution in [3.8, 4) is 0 Å². The average Bonchev–Trinajstić information content (AvgIpc) is 2.62. The number of carboxylic acids is 1. The number of aliphatic carboxylic acids is 1. The van der Waals surface area contributed by atoms with E-state index in [1.807, 2.05) is 37.3 Å². The average molecular weight is 363 g/mol. The van der Waals surface area contributed by atoms with Gasteiger partial charge >= 0.3 is 5.97 Å². The highest BCUT2D eigenvalue weighted by Crippen LogP contribution is 2.00. The van der Waals surface area contributed by atoms with Crippen molar-refractivity contribution in [1.82, 2.24) is 0 Å². The molecule has 0 aromatic heterocycles. The number of carboxylic acid groups (broad SMARTS) is 1. The molecule has 0 fully saturated rings. The number of rotatable bonds is 14. The smallest absolute Gasteiger partial charge is 0.303 e. The summed E-state index contributed by atoms with van der Waals surface area (Å²) in [5, 5.41) is 28.1. The van der Waals surface area contributed by atoms with Crippen LogP contribution in [0.4, 0.5) is 0 Å². The zero-order chi connectivity index (χ0) is 21.2. The summed E-state index contributed by atoms with van der Waals surface area (Å²) in [5.74, 6) is -0.816. The lowest BCUT2D eigenvalue weighted by Crippen LogP contribution is -1.98. The molecule has 26 heavy (non-hydrogen) atoms. The lowest BCUT2D eigenvalue weighted by atomic mass is 10.2. The first kappa shape index (κ1) is 20.1. The molecule has 0 saturated heterocycles. The highest BCUT2D eigenvalue weighted by atomic mass is 16.4. The Bertz CT molecular complexity index is 616. The van der Waals surface area contributed by atoms with E-state index in [0.717, 1.165) is 6.42 Å². The van der Waals surface area contributed by atoms with Gasteiger partial charge in [0, 0.05) is 6.42 Å². The van der Waals surface area contributed by atoms with E-state index >= 15 is 0 Å². The first-order valence-corrected chi connectivity index (χ1v) is 8.93. The van der Waals surface area contributed by atoms with Crippen molar-refractivity contribution in [2.75, 3.05) is 0 Å². The van der Waals surface area contributed by atoms with Gasteiger partial charge in [0.2, 0.25) is 0 Å². The summed E-state index contributed by atoms with van der Waals surface area (Å²) >= 11 is 0. The van der Waals surface area contributed by atoms with E-state index in [1.54, 1.807) is 6.08 Å². The Balaban J connectivity index is 4.28. The molecular weight excluding hydrogens is 328 g/mol. The number of aliphatic hydroxyl groups is 2. The van der Waals surface area contributed by atoms with Gasteiger partial charge in [-0.3, -0.25) is 4.79 Å². The van der Waals surface area contributed by atoms with Crippen LogP contribution in [-0.2, 0) is 4.79 Å². The summed E-state index contributed by atoms with van der Waals surface area (Å²) in [5.41, 5.74) is 0. The van der Waals surface area contributed by atoms with Crippen molar-refractivity contribution < 1.29 is 22.9 Å². The summed E-state index contributed by atoms with van der Waals surface area (Å²) in [6, 6.07) is 0.201. The van der Waals surface area contributed by atoms with Crippen molar-refractivity contribution >= 4 is 5.97 Å². The largest absolute Gasteiger partial charge is 0.481 e. The molecule has 2 atom stereocenters. The SMILES string of the molecule is [2H]C(/C=C\C([2H])=C\[C@@H](O)C/C=C\C/C=C\CCC(=O)O)=C\[C@@H](O)C/C=C\CC. The maximum Gasteiger partial charge on any atom is 0.303 e. The van der Waals surface area contributed by atoms with Gasteiger partial charge in [-0.1, -0.05) is 79.8 Å². The van der Waals surface area contributed by atoms with Crippen molar-refractivity contribution in [3.05, 3.63) is 72.9 Å². The molecule has 0 spiro atoms. The zero-order valence-electron chi connectivity index (χ0n) is 17.4. The number of hydrogen-bond acceptors (Lipinski definition) is 3. The second-order valence-electron chi connectivity index (χ2n) is 5.60. The third-order valence-electron chi connectivity index (χ3n) is 3.14. The molecule has 0 saturated carbocycles. The second kappa shape index (κ2) is 17.6. The predicted molar refractivity (Wildman–Crippen MR) is 108 cm³/mol. The molecule has 0 aromatic carbocycles. The highest BCUT2D eigenvalue weighted by molar-refractivity contribution is 5.66. The lowest BCUT2D eigenvalue weighted by molar-refractivity contribution is -0.136. The quantitative estimate of drug-likeness (QED) is 0.314. The number of hydrogen-bond donors (Lipinski definition) is 3. The van der Waals surface area contributed by atoms with Crippen LogP contribution in [0.3, 0.4) is 0 Å². The van der Waals surface area contributed by atoms with Gasteiger partial charge in [0.25, 0.3) is 0 Å². The number of allylic oxidation sites excluding steroid dienone is 8. The van der Waals surface area contributed by atoms with Crippen LogP contribution in [0.25, 0.3) is 0 Å². The summed E-state index contributed by atoms with van der Waals surface area (Å²) in [6.07, 6.45) is 18.3. The molecule has 0 aromatic rings. The number of aliphatic hydroxyl groups excluding tert-OH is 2. The minimum atomic E-state index is -0.816. The molecule has 4 nitrogen and oxygen atoms in total. The van der Waals surface area contributed by atoms with Crippen LogP contribution in [0.5, 0.6) is 0 Å². The Kier molecular flexibility index (Phi) is 13.7. The maximum atomic E-state index is 10.3. The summed E-state index contributed by atoms with van der Waals surface area (Å²) < 4.78 is 15.5. The lowest BCUT2D eigenvalue weighted by Gasteiger charge is -1.99. The van der Waals surface area contributed by atoms with Crippen LogP contribution < -0.4 is 0 Å². The van der Waals surface area contributed by atoms with E-state index < -0.39 is 18.2 Å². The fourth-order valence-electron chi connectivity index (χ4n) is 1.80. The molecular formula is C22H32O4. The predicted octanol–water partition coefficient (Wildman–Crippen LogP) is 4.49. The third kappa shape index (κ3) is 18.2. The van der Waals surface area contributed by atoms with E-state index in [0.29, 0.717) is 25.7 Å². The topological polar surface area (TPSA) is 77.8 Å². The van der Waals surface area contributed by atoms with Crippen molar-refractivity contribution in [1.29, 1.82) is 0 Å². The Morgan fingerprint density at radius 2 is 1.46 bits per heavy atom. The first-order chi connectivity index (χ1) is 13.3. The summed E-state index contributed by atoms with van der Waals surface area (Å²) in [6.45, 7) is 2.01. The molecule has 0 radical (unpaired) electrons. The van der Waals surface area contributed by atoms with E-state index in [1.165, 1.54) is 24.3 Å². The molecule has 0 amide bonds. The highest BCUT2D eigenvalue weighted by Gasteiger charge is 1.94. The van der Waals surface area contributed by atoms with Crippen molar-refractivity contribution in [2.45, 2.75) is 57.7 Å². The molecule has 4 heteroatoms. The molecule has 0 rings (SSSR count). The normalized spacial score (nSPS) is 17.3. The Labute approximate surface area is 160 Å². The van der Waals surface area contributed by atoms with E-state index in [-0.39, 0.29) is 18.5 Å². The van der Waals surface area contributed by atoms with Gasteiger partial charge in [0.1, 0.15) is 0 Å². The van der Waals surface area contributed by atoms with Gasteiger partial charge in [0.15, 0.2) is 0 Å². The van der Waals surface area contributed by atoms with Crippen LogP contribution >= 0.6 is 0 Å². The molecule has 0 unspecified atom stereocenters. The van der Waals surface area contributed by atoms with E-state index in [4.69, 9.17) is 7.85 Å². The Morgan fingerprint density at radius 3 is 2.00 bits per heavy atom. The number of carbonyl (C=O) groups is 1. The van der Waals surface area contributed by atoms with Crippen molar-refractivity contribution in [3.63, 3.8) is 0 Å². The molecule has 0 bridgehead atoms. The second-order valence-corrected chi connectivity index (χ2v) is 5.60. The standard InChI is InChI=1S/C22H32O4/c1-2-3-10-15-20(23)17-12-8-9-13-18-21(24)16-11-6-4-5-7-14-19-22(25)26/h3,5-13,17-18,20-21,23-24H,2,4,14-16,19H2,1H3,(H,25,26)/b7-5-,9-8-,10-3-,11-6-,17-12+,18-13+/t20-,21-/m0/s1/i12D,13D. The Hall–Kier alpha value is -2.17. The zero-order valence-corrected chi connectivity index (χ0v) is 15.4. The minimum absolute atomic E-state index is 0.0907. The first-order valence-electron chi connectivity index (χ1n) is 9.93. The maximum absolute atomic E-state index is 10.3.